The van der Waals surface area contributed by atoms with E-state index in [1.54, 1.807) is 11.1 Å². The third kappa shape index (κ3) is 6.62. The average Bonchev–Trinajstić information content (AvgIpc) is 2.69. The van der Waals surface area contributed by atoms with Gasteiger partial charge in [-0.25, -0.2) is 0 Å². The second-order valence-electron chi connectivity index (χ2n) is 4.00. The molecule has 92 valence electrons. The standard InChI is InChI=1S/C13H22.2ClH.Zr/c1-4-7-8-11-9-12(5-2)13(6-3)10-11;;;/h9-10,12H,4-8H2,1-3H3;2*1H;/q;;;+2/p-2. The molecule has 0 amide bonds. The van der Waals surface area contributed by atoms with Gasteiger partial charge in [-0.2, -0.15) is 0 Å². The molecule has 0 bridgehead atoms. The Morgan fingerprint density at radius 2 is 1.88 bits per heavy atom. The molecule has 1 rings (SSSR count). The van der Waals surface area contributed by atoms with Crippen LogP contribution in [0.25, 0.3) is 0 Å². The zero-order valence-corrected chi connectivity index (χ0v) is 14.5. The molecule has 1 aliphatic rings. The molecule has 0 aliphatic heterocycles. The first-order valence-corrected chi connectivity index (χ1v) is 12.4. The van der Waals surface area contributed by atoms with Crippen molar-refractivity contribution in [3.63, 3.8) is 0 Å². The van der Waals surface area contributed by atoms with Gasteiger partial charge < -0.3 is 0 Å². The first kappa shape index (κ1) is 16.9. The van der Waals surface area contributed by atoms with E-state index in [-0.39, 0.29) is 0 Å². The van der Waals surface area contributed by atoms with Crippen molar-refractivity contribution in [3.8, 4) is 0 Å². The Bertz CT molecular complexity index is 234. The van der Waals surface area contributed by atoms with Crippen LogP contribution in [-0.4, -0.2) is 0 Å². The third-order valence-electron chi connectivity index (χ3n) is 2.93. The van der Waals surface area contributed by atoms with Gasteiger partial charge in [-0.1, -0.05) is 50.5 Å². The van der Waals surface area contributed by atoms with Crippen LogP contribution in [0.2, 0.25) is 0 Å². The minimum atomic E-state index is -0.826. The Labute approximate surface area is 119 Å². The summed E-state index contributed by atoms with van der Waals surface area (Å²) in [6, 6.07) is 0. The van der Waals surface area contributed by atoms with Crippen LogP contribution in [0.5, 0.6) is 0 Å². The van der Waals surface area contributed by atoms with Crippen molar-refractivity contribution in [3.05, 3.63) is 23.3 Å². The monoisotopic (exact) mass is 338 g/mol. The van der Waals surface area contributed by atoms with Crippen LogP contribution in [0, 0.1) is 5.92 Å². The van der Waals surface area contributed by atoms with Crippen LogP contribution in [0.1, 0.15) is 52.9 Å². The number of hydrogen-bond acceptors (Lipinski definition) is 0. The fraction of sp³-hybridized carbons (Fsp3) is 0.692. The number of allylic oxidation sites excluding steroid dienone is 4. The molecular weight excluding hydrogens is 318 g/mol. The first-order chi connectivity index (χ1) is 7.73. The van der Waals surface area contributed by atoms with Crippen molar-refractivity contribution < 1.29 is 20.8 Å². The van der Waals surface area contributed by atoms with E-state index < -0.39 is 20.8 Å². The molecule has 0 nitrogen and oxygen atoms in total. The summed E-state index contributed by atoms with van der Waals surface area (Å²) in [6.45, 7) is 6.82. The van der Waals surface area contributed by atoms with Gasteiger partial charge in [0.2, 0.25) is 0 Å². The van der Waals surface area contributed by atoms with Crippen LogP contribution in [0.3, 0.4) is 0 Å². The maximum absolute atomic E-state index is 4.93. The van der Waals surface area contributed by atoms with E-state index >= 15 is 0 Å². The van der Waals surface area contributed by atoms with E-state index in [9.17, 15) is 0 Å². The van der Waals surface area contributed by atoms with E-state index in [0.29, 0.717) is 0 Å². The molecule has 3 heteroatoms. The Balaban J connectivity index is 0.000000673. The third-order valence-corrected chi connectivity index (χ3v) is 2.93. The molecule has 0 saturated heterocycles. The number of rotatable bonds is 5. The van der Waals surface area contributed by atoms with E-state index in [2.05, 4.69) is 32.9 Å². The van der Waals surface area contributed by atoms with Gasteiger partial charge in [-0.3, -0.25) is 0 Å². The summed E-state index contributed by atoms with van der Waals surface area (Å²) in [6.07, 6.45) is 11.4. The van der Waals surface area contributed by atoms with Crippen molar-refractivity contribution in [1.29, 1.82) is 0 Å². The summed E-state index contributed by atoms with van der Waals surface area (Å²) >= 11 is -0.826. The van der Waals surface area contributed by atoms with Gasteiger partial charge in [0.15, 0.2) is 0 Å². The first-order valence-electron chi connectivity index (χ1n) is 6.10. The van der Waals surface area contributed by atoms with E-state index in [1.165, 1.54) is 32.1 Å². The molecule has 0 spiro atoms. The van der Waals surface area contributed by atoms with Crippen molar-refractivity contribution in [1.82, 2.24) is 0 Å². The van der Waals surface area contributed by atoms with Crippen molar-refractivity contribution in [2.45, 2.75) is 52.9 Å². The van der Waals surface area contributed by atoms with Crippen LogP contribution in [-0.2, 0) is 20.8 Å². The number of unbranched alkanes of at least 4 members (excludes halogenated alkanes) is 1. The van der Waals surface area contributed by atoms with Gasteiger partial charge in [0, 0.05) is 0 Å². The van der Waals surface area contributed by atoms with Gasteiger partial charge in [-0.15, -0.1) is 0 Å². The van der Waals surface area contributed by atoms with Crippen LogP contribution in [0.4, 0.5) is 0 Å². The van der Waals surface area contributed by atoms with Gasteiger partial charge >= 0.3 is 37.9 Å². The number of halogens is 2. The fourth-order valence-electron chi connectivity index (χ4n) is 2.04. The summed E-state index contributed by atoms with van der Waals surface area (Å²) in [5.41, 5.74) is 3.24. The maximum atomic E-state index is 4.93. The number of hydrogen-bond donors (Lipinski definition) is 0. The average molecular weight is 340 g/mol. The molecule has 16 heavy (non-hydrogen) atoms. The Morgan fingerprint density at radius 3 is 2.25 bits per heavy atom. The van der Waals surface area contributed by atoms with Crippen LogP contribution >= 0.6 is 17.0 Å². The predicted molar refractivity (Wildman–Crippen MR) is 71.5 cm³/mol. The molecule has 0 aromatic rings. The molecule has 0 aromatic heterocycles. The van der Waals surface area contributed by atoms with Crippen LogP contribution in [0.15, 0.2) is 23.3 Å². The Morgan fingerprint density at radius 1 is 1.25 bits per heavy atom. The zero-order valence-electron chi connectivity index (χ0n) is 10.5. The van der Waals surface area contributed by atoms with E-state index in [0.717, 1.165) is 5.92 Å². The second kappa shape index (κ2) is 11.1. The molecule has 0 N–H and O–H groups in total. The topological polar surface area (TPSA) is 0 Å². The molecule has 1 atom stereocenters. The normalized spacial score (nSPS) is 18.4. The zero-order chi connectivity index (χ0) is 12.4. The Kier molecular flexibility index (Phi) is 11.7. The van der Waals surface area contributed by atoms with Crippen molar-refractivity contribution in [2.24, 2.45) is 5.92 Å². The summed E-state index contributed by atoms with van der Waals surface area (Å²) in [7, 11) is 9.87. The molecular formula is C13H22Cl2Zr. The van der Waals surface area contributed by atoms with Gasteiger partial charge in [0.25, 0.3) is 0 Å². The van der Waals surface area contributed by atoms with Gasteiger partial charge in [-0.05, 0) is 31.6 Å². The minimum absolute atomic E-state index is 0.761. The van der Waals surface area contributed by atoms with Crippen molar-refractivity contribution in [2.75, 3.05) is 0 Å². The molecule has 0 aromatic carbocycles. The second-order valence-corrected chi connectivity index (χ2v) is 7.74. The molecule has 1 unspecified atom stereocenters. The molecule has 1 aliphatic carbocycles. The Hall–Kier alpha value is 0.943. The molecule has 0 radical (unpaired) electrons. The van der Waals surface area contributed by atoms with Crippen molar-refractivity contribution >= 4 is 17.0 Å². The van der Waals surface area contributed by atoms with E-state index in [1.807, 2.05) is 0 Å². The fourth-order valence-corrected chi connectivity index (χ4v) is 2.04. The summed E-state index contributed by atoms with van der Waals surface area (Å²) in [5.74, 6) is 0.761. The predicted octanol–water partition coefficient (Wildman–Crippen LogP) is 5.86. The van der Waals surface area contributed by atoms with E-state index in [4.69, 9.17) is 17.0 Å². The van der Waals surface area contributed by atoms with Gasteiger partial charge in [0.05, 0.1) is 0 Å². The van der Waals surface area contributed by atoms with Crippen LogP contribution < -0.4 is 0 Å². The molecule has 0 saturated carbocycles. The molecule has 0 fully saturated rings. The summed E-state index contributed by atoms with van der Waals surface area (Å²) in [4.78, 5) is 0. The SMILES string of the molecule is CCCCC1=CC(CC)C(CC)=C1.[Cl][Zr][Cl]. The summed E-state index contributed by atoms with van der Waals surface area (Å²) < 4.78 is 0. The molecule has 0 heterocycles. The summed E-state index contributed by atoms with van der Waals surface area (Å²) in [5, 5.41) is 0. The quantitative estimate of drug-likeness (QED) is 0.588. The van der Waals surface area contributed by atoms with Gasteiger partial charge in [0.1, 0.15) is 0 Å².